The Morgan fingerprint density at radius 1 is 0.780 bits per heavy atom. The first-order valence-corrected chi connectivity index (χ1v) is 20.6. The zero-order chi connectivity index (χ0) is 43.0. The number of sulfonamides is 1. The summed E-state index contributed by atoms with van der Waals surface area (Å²) in [6.07, 6.45) is 2.14. The van der Waals surface area contributed by atoms with Gasteiger partial charge in [0.1, 0.15) is 17.2 Å². The van der Waals surface area contributed by atoms with Gasteiger partial charge in [0.25, 0.3) is 10.0 Å². The molecule has 19 heteroatoms. The second-order valence-electron chi connectivity index (χ2n) is 13.5. The molecule has 0 aliphatic carbocycles. The van der Waals surface area contributed by atoms with Crippen molar-refractivity contribution in [1.82, 2.24) is 19.4 Å². The molecule has 3 N–H and O–H groups in total. The molecule has 4 aromatic rings. The third kappa shape index (κ3) is 13.8. The number of unbranched alkanes of at least 4 members (excludes halogenated alkanes) is 1. The Bertz CT molecular complexity index is 2190. The molecule has 18 nitrogen and oxygen atoms in total. The first-order valence-electron chi connectivity index (χ1n) is 19.1. The maximum absolute atomic E-state index is 13.8. The van der Waals surface area contributed by atoms with Crippen LogP contribution >= 0.6 is 0 Å². The van der Waals surface area contributed by atoms with Crippen LogP contribution in [0.4, 0.5) is 5.69 Å². The van der Waals surface area contributed by atoms with Crippen molar-refractivity contribution in [3.8, 4) is 34.5 Å². The number of carboxylic acid groups (broad SMARTS) is 1. The number of fused-ring (bicyclic) bond motifs is 1. The lowest BCUT2D eigenvalue weighted by molar-refractivity contribution is -0.138. The van der Waals surface area contributed by atoms with Crippen LogP contribution in [-0.4, -0.2) is 120 Å². The monoisotopic (exact) mass is 845 g/mol. The van der Waals surface area contributed by atoms with E-state index in [4.69, 9.17) is 38.3 Å². The summed E-state index contributed by atoms with van der Waals surface area (Å²) >= 11 is 0. The number of ether oxygens (including phenoxy) is 7. The Balaban J connectivity index is 1.39. The molecule has 0 spiro atoms. The Hall–Kier alpha value is -5.50. The van der Waals surface area contributed by atoms with Crippen LogP contribution in [0.15, 0.2) is 58.2 Å². The molecular formula is C40H55N5O13S. The fraction of sp³-hybridized carbons (Fsp3) is 0.475. The van der Waals surface area contributed by atoms with E-state index in [-0.39, 0.29) is 59.9 Å². The topological polar surface area (TPSA) is 207 Å². The van der Waals surface area contributed by atoms with Gasteiger partial charge in [0, 0.05) is 51.0 Å². The van der Waals surface area contributed by atoms with Crippen LogP contribution in [0.1, 0.15) is 32.6 Å². The molecule has 0 radical (unpaired) electrons. The van der Waals surface area contributed by atoms with Crippen molar-refractivity contribution >= 4 is 38.6 Å². The number of rotatable bonds is 27. The van der Waals surface area contributed by atoms with E-state index in [9.17, 15) is 22.8 Å². The maximum atomic E-state index is 13.8. The van der Waals surface area contributed by atoms with Crippen LogP contribution in [0.5, 0.6) is 34.5 Å². The molecule has 0 saturated heterocycles. The van der Waals surface area contributed by atoms with E-state index >= 15 is 0 Å². The molecule has 0 saturated carbocycles. The van der Waals surface area contributed by atoms with Gasteiger partial charge in [-0.2, -0.15) is 0 Å². The van der Waals surface area contributed by atoms with E-state index in [0.29, 0.717) is 80.0 Å². The molecule has 59 heavy (non-hydrogen) atoms. The number of carbonyl (C=O) groups excluding carboxylic acids is 1. The Labute approximate surface area is 343 Å². The van der Waals surface area contributed by atoms with Crippen molar-refractivity contribution in [2.75, 3.05) is 85.3 Å². The van der Waals surface area contributed by atoms with Gasteiger partial charge < -0.3 is 43.6 Å². The zero-order valence-corrected chi connectivity index (χ0v) is 35.2. The summed E-state index contributed by atoms with van der Waals surface area (Å²) in [6.45, 7) is 5.04. The largest absolute Gasteiger partial charge is 0.493 e. The van der Waals surface area contributed by atoms with Crippen molar-refractivity contribution < 1.29 is 56.3 Å². The Morgan fingerprint density at radius 2 is 1.42 bits per heavy atom. The van der Waals surface area contributed by atoms with E-state index in [0.717, 1.165) is 12.8 Å². The van der Waals surface area contributed by atoms with Gasteiger partial charge in [0.15, 0.2) is 17.2 Å². The zero-order valence-electron chi connectivity index (χ0n) is 34.4. The van der Waals surface area contributed by atoms with E-state index in [1.54, 1.807) is 44.4 Å². The number of likely N-dealkylation sites (N-methyl/N-ethyl adjacent to an activating group) is 1. The third-order valence-electron chi connectivity index (χ3n) is 8.85. The molecular weight excluding hydrogens is 791 g/mol. The van der Waals surface area contributed by atoms with Crippen LogP contribution in [-0.2, 0) is 43.2 Å². The molecule has 0 aliphatic heterocycles. The molecule has 324 valence electrons. The highest BCUT2D eigenvalue weighted by Crippen LogP contribution is 2.38. The van der Waals surface area contributed by atoms with Crippen LogP contribution in [0, 0.1) is 0 Å². The highest BCUT2D eigenvalue weighted by atomic mass is 32.2. The van der Waals surface area contributed by atoms with Crippen molar-refractivity contribution in [2.24, 2.45) is 14.1 Å². The number of nitrogens with zero attached hydrogens (tertiary/aromatic N) is 3. The van der Waals surface area contributed by atoms with E-state index in [1.807, 2.05) is 18.9 Å². The maximum Gasteiger partial charge on any atom is 0.328 e. The number of aromatic nitrogens is 2. The summed E-state index contributed by atoms with van der Waals surface area (Å²) < 4.78 is 72.6. The van der Waals surface area contributed by atoms with E-state index in [2.05, 4.69) is 10.0 Å². The number of anilines is 1. The summed E-state index contributed by atoms with van der Waals surface area (Å²) in [6, 6.07) is 12.5. The molecule has 0 fully saturated rings. The number of hydrogen-bond donors (Lipinski definition) is 3. The van der Waals surface area contributed by atoms with Crippen LogP contribution in [0.25, 0.3) is 11.0 Å². The van der Waals surface area contributed by atoms with Crippen molar-refractivity contribution in [2.45, 2.75) is 37.5 Å². The van der Waals surface area contributed by atoms with Gasteiger partial charge >= 0.3 is 11.7 Å². The predicted octanol–water partition coefficient (Wildman–Crippen LogP) is 3.99. The average Bonchev–Trinajstić information content (AvgIpc) is 3.40. The number of carboxylic acids is 1. The third-order valence-corrected chi connectivity index (χ3v) is 10.2. The second-order valence-corrected chi connectivity index (χ2v) is 15.1. The summed E-state index contributed by atoms with van der Waals surface area (Å²) in [5, 5.41) is 11.4. The van der Waals surface area contributed by atoms with Gasteiger partial charge in [0.2, 0.25) is 5.91 Å². The SMILES string of the molecule is CCCOc1cc(OCCCCN(C)CC(=O)NCCOCCOCCC(=O)O)cc(Oc2cc3c(cc2NS(=O)(=O)c2ccc(OC)c(OC)c2)n(C)c(=O)n3C)c1. The molecule has 0 aliphatic rings. The summed E-state index contributed by atoms with van der Waals surface area (Å²) in [4.78, 5) is 37.5. The summed E-state index contributed by atoms with van der Waals surface area (Å²) in [5.74, 6) is 0.932. The lowest BCUT2D eigenvalue weighted by Gasteiger charge is -2.17. The minimum atomic E-state index is -4.20. The molecule has 0 atom stereocenters. The molecule has 0 bridgehead atoms. The number of amides is 1. The number of nitrogens with one attached hydrogen (secondary N) is 2. The van der Waals surface area contributed by atoms with Gasteiger partial charge in [-0.1, -0.05) is 6.92 Å². The van der Waals surface area contributed by atoms with Gasteiger partial charge in [-0.25, -0.2) is 13.2 Å². The van der Waals surface area contributed by atoms with Crippen LogP contribution < -0.4 is 39.4 Å². The van der Waals surface area contributed by atoms with Gasteiger partial charge in [-0.3, -0.25) is 28.3 Å². The number of aliphatic carboxylic acids is 1. The van der Waals surface area contributed by atoms with Gasteiger partial charge in [0.05, 0.1) is 88.4 Å². The van der Waals surface area contributed by atoms with Gasteiger partial charge in [-0.05, 0) is 51.1 Å². The normalized spacial score (nSPS) is 11.4. The first kappa shape index (κ1) is 46.2. The van der Waals surface area contributed by atoms with Crippen molar-refractivity contribution in [1.29, 1.82) is 0 Å². The highest BCUT2D eigenvalue weighted by Gasteiger charge is 2.22. The number of hydrogen-bond acceptors (Lipinski definition) is 13. The fourth-order valence-electron chi connectivity index (χ4n) is 5.79. The molecule has 3 aromatic carbocycles. The van der Waals surface area contributed by atoms with Crippen LogP contribution in [0.3, 0.4) is 0 Å². The Morgan fingerprint density at radius 3 is 2.08 bits per heavy atom. The summed E-state index contributed by atoms with van der Waals surface area (Å²) in [5.41, 5.74) is 0.772. The number of imidazole rings is 1. The molecule has 4 rings (SSSR count). The van der Waals surface area contributed by atoms with Crippen molar-refractivity contribution in [3.05, 3.63) is 59.0 Å². The van der Waals surface area contributed by atoms with Gasteiger partial charge in [-0.15, -0.1) is 0 Å². The number of benzene rings is 3. The smallest absolute Gasteiger partial charge is 0.328 e. The molecule has 1 heterocycles. The quantitative estimate of drug-likeness (QED) is 0.0726. The molecule has 1 aromatic heterocycles. The lowest BCUT2D eigenvalue weighted by Crippen LogP contribution is -2.37. The minimum absolute atomic E-state index is 0.0578. The van der Waals surface area contributed by atoms with E-state index < -0.39 is 16.0 Å². The lowest BCUT2D eigenvalue weighted by atomic mass is 10.2. The minimum Gasteiger partial charge on any atom is -0.493 e. The first-order chi connectivity index (χ1) is 28.3. The van der Waals surface area contributed by atoms with Crippen LogP contribution in [0.2, 0.25) is 0 Å². The summed E-state index contributed by atoms with van der Waals surface area (Å²) in [7, 11) is 3.74. The average molecular weight is 846 g/mol. The molecule has 1 amide bonds. The predicted molar refractivity (Wildman–Crippen MR) is 220 cm³/mol. The number of methoxy groups -OCH3 is 2. The number of carbonyl (C=O) groups is 2. The van der Waals surface area contributed by atoms with E-state index in [1.165, 1.54) is 41.6 Å². The molecule has 0 unspecified atom stereocenters. The fourth-order valence-corrected chi connectivity index (χ4v) is 6.87. The number of aryl methyl sites for hydroxylation is 2. The second kappa shape index (κ2) is 22.6. The van der Waals surface area contributed by atoms with Crippen molar-refractivity contribution in [3.63, 3.8) is 0 Å². The Kier molecular flexibility index (Phi) is 17.7. The highest BCUT2D eigenvalue weighted by molar-refractivity contribution is 7.92. The standard InChI is InChI=1S/C40H55N5O13S/c1-7-15-56-28-21-29(57-16-9-8-14-43(2)27-38(46)41-13-18-55-20-19-54-17-12-39(47)48)23-30(22-28)58-36-26-34-33(44(3)40(49)45(34)4)25-32(36)42-59(50,51)31-10-11-35(52-5)37(24-31)53-6/h10-11,21-26,42H,7-9,12-20,27H2,1-6H3,(H,41,46)(H,47,48).